The van der Waals surface area contributed by atoms with Crippen LogP contribution in [0.3, 0.4) is 0 Å². The summed E-state index contributed by atoms with van der Waals surface area (Å²) in [6.45, 7) is 3.77. The van der Waals surface area contributed by atoms with Crippen LogP contribution in [0.25, 0.3) is 0 Å². The number of hydrogen-bond acceptors (Lipinski definition) is 5. The average Bonchev–Trinajstić information content (AvgIpc) is 2.69. The number of halogens is 2. The Hall–Kier alpha value is -1.56. The maximum atomic E-state index is 5.93. The number of rotatable bonds is 2. The first kappa shape index (κ1) is 17.5. The summed E-state index contributed by atoms with van der Waals surface area (Å²) in [4.78, 5) is 10.7. The van der Waals surface area contributed by atoms with Gasteiger partial charge in [0, 0.05) is 18.7 Å². The van der Waals surface area contributed by atoms with Gasteiger partial charge in [-0.15, -0.1) is 24.8 Å². The number of fused-ring (bicyclic) bond motifs is 1. The summed E-state index contributed by atoms with van der Waals surface area (Å²) in [7, 11) is 0. The minimum absolute atomic E-state index is 0. The smallest absolute Gasteiger partial charge is 0.222 e. The molecule has 0 amide bonds. The molecule has 0 saturated heterocycles. The largest absolute Gasteiger partial charge is 0.383 e. The third kappa shape index (κ3) is 3.37. The van der Waals surface area contributed by atoms with Gasteiger partial charge in [-0.05, 0) is 12.5 Å². The van der Waals surface area contributed by atoms with Crippen LogP contribution >= 0.6 is 24.8 Å². The number of nitrogens with two attached hydrogens (primary N) is 2. The second kappa shape index (κ2) is 6.93. The first-order valence-electron chi connectivity index (χ1n) is 6.35. The van der Waals surface area contributed by atoms with E-state index in [0.717, 1.165) is 24.3 Å². The van der Waals surface area contributed by atoms with Crippen LogP contribution in [0.2, 0.25) is 0 Å². The van der Waals surface area contributed by atoms with Crippen molar-refractivity contribution in [2.75, 3.05) is 11.5 Å². The Morgan fingerprint density at radius 2 is 1.81 bits per heavy atom. The fourth-order valence-corrected chi connectivity index (χ4v) is 2.57. The van der Waals surface area contributed by atoms with Crippen molar-refractivity contribution in [2.24, 2.45) is 0 Å². The normalized spacial score (nSPS) is 16.7. The number of anilines is 2. The quantitative estimate of drug-likeness (QED) is 0.885. The van der Waals surface area contributed by atoms with Crippen LogP contribution in [0.1, 0.15) is 29.8 Å². The molecule has 3 rings (SSSR count). The van der Waals surface area contributed by atoms with Gasteiger partial charge in [-0.1, -0.05) is 30.3 Å². The van der Waals surface area contributed by atoms with Crippen molar-refractivity contribution in [1.29, 1.82) is 0 Å². The fraction of sp³-hybridized carbons (Fsp3) is 0.286. The highest BCUT2D eigenvalue weighted by Crippen LogP contribution is 2.35. The van der Waals surface area contributed by atoms with Crippen LogP contribution in [0.5, 0.6) is 0 Å². The highest BCUT2D eigenvalue weighted by atomic mass is 35.5. The van der Waals surface area contributed by atoms with E-state index in [1.807, 2.05) is 6.07 Å². The van der Waals surface area contributed by atoms with Crippen molar-refractivity contribution in [3.05, 3.63) is 47.2 Å². The van der Waals surface area contributed by atoms with Crippen LogP contribution in [-0.4, -0.2) is 14.9 Å². The predicted octanol–water partition coefficient (Wildman–Crippen LogP) is 2.56. The van der Waals surface area contributed by atoms with E-state index in [-0.39, 0.29) is 36.8 Å². The first-order chi connectivity index (χ1) is 9.15. The van der Waals surface area contributed by atoms with Crippen LogP contribution in [0.4, 0.5) is 11.8 Å². The number of nitrogens with zero attached hydrogens (tertiary/aromatic N) is 3. The van der Waals surface area contributed by atoms with Gasteiger partial charge in [-0.2, -0.15) is 4.98 Å². The third-order valence-corrected chi connectivity index (χ3v) is 3.62. The molecule has 5 nitrogen and oxygen atoms in total. The lowest BCUT2D eigenvalue weighted by Crippen LogP contribution is -2.19. The van der Waals surface area contributed by atoms with Gasteiger partial charge in [0.1, 0.15) is 5.82 Å². The molecule has 2 aromatic rings. The first-order valence-corrected chi connectivity index (χ1v) is 6.35. The van der Waals surface area contributed by atoms with Gasteiger partial charge in [0.15, 0.2) is 0 Å². The molecule has 0 saturated carbocycles. The van der Waals surface area contributed by atoms with Crippen LogP contribution in [0.15, 0.2) is 30.3 Å². The standard InChI is InChI=1S/C14H17N5.2ClH/c1-9-12-11(13(15)18-14(16)17-12)8-19(9)7-10-5-3-2-4-6-10;;/h2-6,9H,7-8H2,1H3,(H4,15,16,17,18);2*1H. The second-order valence-corrected chi connectivity index (χ2v) is 4.90. The third-order valence-electron chi connectivity index (χ3n) is 3.62. The lowest BCUT2D eigenvalue weighted by molar-refractivity contribution is 0.218. The van der Waals surface area contributed by atoms with E-state index in [9.17, 15) is 0 Å². The van der Waals surface area contributed by atoms with E-state index >= 15 is 0 Å². The molecule has 0 radical (unpaired) electrons. The molecule has 1 aromatic carbocycles. The molecule has 0 aliphatic carbocycles. The van der Waals surface area contributed by atoms with Gasteiger partial charge < -0.3 is 11.5 Å². The molecule has 4 N–H and O–H groups in total. The minimum Gasteiger partial charge on any atom is -0.383 e. The van der Waals surface area contributed by atoms with Gasteiger partial charge in [0.25, 0.3) is 0 Å². The predicted molar refractivity (Wildman–Crippen MR) is 89.5 cm³/mol. The van der Waals surface area contributed by atoms with Crippen LogP contribution < -0.4 is 11.5 Å². The van der Waals surface area contributed by atoms with Gasteiger partial charge in [0.05, 0.1) is 11.7 Å². The Labute approximate surface area is 136 Å². The summed E-state index contributed by atoms with van der Waals surface area (Å²) in [6, 6.07) is 10.6. The van der Waals surface area contributed by atoms with Gasteiger partial charge in [-0.25, -0.2) is 4.98 Å². The van der Waals surface area contributed by atoms with Crippen molar-refractivity contribution in [2.45, 2.75) is 26.1 Å². The minimum atomic E-state index is 0. The molecular weight excluding hydrogens is 309 g/mol. The topological polar surface area (TPSA) is 81.1 Å². The van der Waals surface area contributed by atoms with E-state index in [2.05, 4.69) is 46.1 Å². The zero-order chi connectivity index (χ0) is 13.4. The van der Waals surface area contributed by atoms with Crippen molar-refractivity contribution < 1.29 is 0 Å². The van der Waals surface area contributed by atoms with Crippen LogP contribution in [0, 0.1) is 0 Å². The molecule has 1 aliphatic heterocycles. The summed E-state index contributed by atoms with van der Waals surface area (Å²) < 4.78 is 0. The van der Waals surface area contributed by atoms with Crippen molar-refractivity contribution in [3.63, 3.8) is 0 Å². The summed E-state index contributed by atoms with van der Waals surface area (Å²) >= 11 is 0. The molecule has 1 atom stereocenters. The highest BCUT2D eigenvalue weighted by molar-refractivity contribution is 5.85. The maximum Gasteiger partial charge on any atom is 0.222 e. The average molecular weight is 328 g/mol. The van der Waals surface area contributed by atoms with E-state index in [4.69, 9.17) is 11.5 Å². The summed E-state index contributed by atoms with van der Waals surface area (Å²) in [5.41, 5.74) is 14.9. The molecule has 0 spiro atoms. The molecule has 21 heavy (non-hydrogen) atoms. The molecule has 1 aromatic heterocycles. The lowest BCUT2D eigenvalue weighted by Gasteiger charge is -2.20. The number of hydrogen-bond donors (Lipinski definition) is 2. The Balaban J connectivity index is 0.00000110. The molecular formula is C14H19Cl2N5. The maximum absolute atomic E-state index is 5.93. The molecule has 7 heteroatoms. The number of nitrogen functional groups attached to an aromatic ring is 2. The molecule has 114 valence electrons. The summed E-state index contributed by atoms with van der Waals surface area (Å²) in [5.74, 6) is 0.759. The summed E-state index contributed by atoms with van der Waals surface area (Å²) in [6.07, 6.45) is 0. The molecule has 0 fully saturated rings. The van der Waals surface area contributed by atoms with E-state index in [0.29, 0.717) is 5.82 Å². The molecule has 2 heterocycles. The van der Waals surface area contributed by atoms with Crippen molar-refractivity contribution >= 4 is 36.6 Å². The van der Waals surface area contributed by atoms with E-state index in [1.165, 1.54) is 5.56 Å². The molecule has 1 unspecified atom stereocenters. The Kier molecular flexibility index (Phi) is 5.78. The lowest BCUT2D eigenvalue weighted by atomic mass is 10.2. The summed E-state index contributed by atoms with van der Waals surface area (Å²) in [5, 5.41) is 0. The van der Waals surface area contributed by atoms with E-state index in [1.54, 1.807) is 0 Å². The van der Waals surface area contributed by atoms with Gasteiger partial charge >= 0.3 is 0 Å². The Bertz CT molecular complexity index is 606. The second-order valence-electron chi connectivity index (χ2n) is 4.90. The van der Waals surface area contributed by atoms with Crippen molar-refractivity contribution in [3.8, 4) is 0 Å². The Morgan fingerprint density at radius 3 is 2.48 bits per heavy atom. The molecule has 1 aliphatic rings. The SMILES string of the molecule is CC1c2nc(N)nc(N)c2CN1Cc1ccccc1.Cl.Cl. The highest BCUT2D eigenvalue weighted by Gasteiger charge is 2.30. The number of aromatic nitrogens is 2. The molecule has 0 bridgehead atoms. The van der Waals surface area contributed by atoms with Gasteiger partial charge in [-0.3, -0.25) is 4.90 Å². The monoisotopic (exact) mass is 327 g/mol. The Morgan fingerprint density at radius 1 is 1.14 bits per heavy atom. The zero-order valence-corrected chi connectivity index (χ0v) is 13.3. The fourth-order valence-electron chi connectivity index (χ4n) is 2.57. The number of benzene rings is 1. The van der Waals surface area contributed by atoms with Gasteiger partial charge in [0.2, 0.25) is 5.95 Å². The van der Waals surface area contributed by atoms with E-state index < -0.39 is 0 Å². The van der Waals surface area contributed by atoms with Crippen LogP contribution in [-0.2, 0) is 13.1 Å². The zero-order valence-electron chi connectivity index (χ0n) is 11.7. The van der Waals surface area contributed by atoms with Crippen molar-refractivity contribution in [1.82, 2.24) is 14.9 Å².